The van der Waals surface area contributed by atoms with E-state index in [4.69, 9.17) is 16.3 Å². The van der Waals surface area contributed by atoms with Crippen LogP contribution in [0.3, 0.4) is 0 Å². The standard InChI is InChI=1S/C22H27ClN4O3S/c1-25-10-12-27(13-11-25)21(28)16-6-8-26(9-7-16)22(29)19-15-31-20(24-19)14-30-18-4-2-17(23)3-5-18/h2-5,15-16H,6-14H2,1H3. The van der Waals surface area contributed by atoms with Gasteiger partial charge in [-0.05, 0) is 44.2 Å². The lowest BCUT2D eigenvalue weighted by molar-refractivity contribution is -0.138. The SMILES string of the molecule is CN1CCN(C(=O)C2CCN(C(=O)c3csc(COc4ccc(Cl)cc4)n3)CC2)CC1. The second-order valence-electron chi connectivity index (χ2n) is 8.06. The Labute approximate surface area is 191 Å². The average molecular weight is 463 g/mol. The van der Waals surface area contributed by atoms with E-state index in [2.05, 4.69) is 16.9 Å². The quantitative estimate of drug-likeness (QED) is 0.683. The zero-order chi connectivity index (χ0) is 21.8. The van der Waals surface area contributed by atoms with Crippen LogP contribution in [0.15, 0.2) is 29.6 Å². The normalized spacial score (nSPS) is 18.3. The van der Waals surface area contributed by atoms with Crippen molar-refractivity contribution in [1.29, 1.82) is 0 Å². The fourth-order valence-electron chi connectivity index (χ4n) is 3.93. The Morgan fingerprint density at radius 3 is 2.42 bits per heavy atom. The van der Waals surface area contributed by atoms with Gasteiger partial charge in [-0.25, -0.2) is 4.98 Å². The van der Waals surface area contributed by atoms with Gasteiger partial charge in [0.1, 0.15) is 23.1 Å². The fraction of sp³-hybridized carbons (Fsp3) is 0.500. The number of aromatic nitrogens is 1. The number of hydrogen-bond donors (Lipinski definition) is 0. The molecule has 2 aliphatic rings. The second-order valence-corrected chi connectivity index (χ2v) is 9.44. The molecule has 9 heteroatoms. The number of piperazine rings is 1. The van der Waals surface area contributed by atoms with Gasteiger partial charge in [-0.1, -0.05) is 11.6 Å². The highest BCUT2D eigenvalue weighted by Crippen LogP contribution is 2.23. The number of nitrogens with zero attached hydrogens (tertiary/aromatic N) is 4. The Morgan fingerprint density at radius 1 is 1.06 bits per heavy atom. The van der Waals surface area contributed by atoms with E-state index >= 15 is 0 Å². The van der Waals surface area contributed by atoms with Crippen molar-refractivity contribution in [3.8, 4) is 5.75 Å². The maximum Gasteiger partial charge on any atom is 0.273 e. The summed E-state index contributed by atoms with van der Waals surface area (Å²) < 4.78 is 5.71. The predicted molar refractivity (Wildman–Crippen MR) is 121 cm³/mol. The maximum absolute atomic E-state index is 12.9. The first-order valence-electron chi connectivity index (χ1n) is 10.6. The highest BCUT2D eigenvalue weighted by molar-refractivity contribution is 7.09. The molecule has 2 amide bonds. The number of halogens is 1. The van der Waals surface area contributed by atoms with Crippen LogP contribution in [0.5, 0.6) is 5.75 Å². The number of carbonyl (C=O) groups is 2. The molecular formula is C22H27ClN4O3S. The molecule has 0 unspecified atom stereocenters. The Kier molecular flexibility index (Phi) is 7.09. The number of benzene rings is 1. The molecule has 2 saturated heterocycles. The van der Waals surface area contributed by atoms with Crippen LogP contribution in [-0.4, -0.2) is 77.8 Å². The van der Waals surface area contributed by atoms with Gasteiger partial charge in [0, 0.05) is 55.6 Å². The molecule has 7 nitrogen and oxygen atoms in total. The number of hydrogen-bond acceptors (Lipinski definition) is 6. The van der Waals surface area contributed by atoms with Crippen molar-refractivity contribution in [2.24, 2.45) is 5.92 Å². The molecule has 166 valence electrons. The first kappa shape index (κ1) is 22.0. The summed E-state index contributed by atoms with van der Waals surface area (Å²) in [5.41, 5.74) is 0.448. The fourth-order valence-corrected chi connectivity index (χ4v) is 4.73. The zero-order valence-electron chi connectivity index (χ0n) is 17.6. The number of carbonyl (C=O) groups excluding carboxylic acids is 2. The van der Waals surface area contributed by atoms with Crippen molar-refractivity contribution in [1.82, 2.24) is 19.7 Å². The Hall–Kier alpha value is -2.16. The van der Waals surface area contributed by atoms with Crippen molar-refractivity contribution in [2.45, 2.75) is 19.4 Å². The largest absolute Gasteiger partial charge is 0.486 e. The van der Waals surface area contributed by atoms with Crippen LogP contribution in [-0.2, 0) is 11.4 Å². The van der Waals surface area contributed by atoms with Crippen molar-refractivity contribution in [3.05, 3.63) is 45.4 Å². The average Bonchev–Trinajstić information content (AvgIpc) is 3.27. The Bertz CT molecular complexity index is 904. The molecule has 2 fully saturated rings. The molecule has 0 saturated carbocycles. The summed E-state index contributed by atoms with van der Waals surface area (Å²) in [6.07, 6.45) is 1.43. The van der Waals surface area contributed by atoms with Crippen LogP contribution >= 0.6 is 22.9 Å². The maximum atomic E-state index is 12.9. The summed E-state index contributed by atoms with van der Waals surface area (Å²) in [6, 6.07) is 7.14. The summed E-state index contributed by atoms with van der Waals surface area (Å²) in [5.74, 6) is 0.903. The monoisotopic (exact) mass is 462 g/mol. The molecule has 3 heterocycles. The number of rotatable bonds is 5. The number of piperidine rings is 1. The number of thiazole rings is 1. The molecular weight excluding hydrogens is 436 g/mol. The van der Waals surface area contributed by atoms with E-state index < -0.39 is 0 Å². The van der Waals surface area contributed by atoms with E-state index in [0.29, 0.717) is 49.0 Å². The van der Waals surface area contributed by atoms with Crippen LogP contribution in [0, 0.1) is 5.92 Å². The smallest absolute Gasteiger partial charge is 0.273 e. The molecule has 1 aromatic carbocycles. The first-order chi connectivity index (χ1) is 15.0. The molecule has 2 aliphatic heterocycles. The number of ether oxygens (including phenoxy) is 1. The molecule has 2 aromatic rings. The lowest BCUT2D eigenvalue weighted by Crippen LogP contribution is -2.51. The molecule has 0 bridgehead atoms. The lowest BCUT2D eigenvalue weighted by Gasteiger charge is -2.37. The summed E-state index contributed by atoms with van der Waals surface area (Å²) in [7, 11) is 2.08. The molecule has 0 spiro atoms. The van der Waals surface area contributed by atoms with E-state index in [1.165, 1.54) is 11.3 Å². The van der Waals surface area contributed by atoms with Crippen LogP contribution < -0.4 is 4.74 Å². The zero-order valence-corrected chi connectivity index (χ0v) is 19.2. The van der Waals surface area contributed by atoms with E-state index in [1.54, 1.807) is 29.6 Å². The van der Waals surface area contributed by atoms with Gasteiger partial charge in [-0.15, -0.1) is 11.3 Å². The van der Waals surface area contributed by atoms with Crippen molar-refractivity contribution < 1.29 is 14.3 Å². The summed E-state index contributed by atoms with van der Waals surface area (Å²) in [5, 5.41) is 3.19. The van der Waals surface area contributed by atoms with E-state index in [0.717, 1.165) is 31.2 Å². The third kappa shape index (κ3) is 5.56. The molecule has 0 N–H and O–H groups in total. The van der Waals surface area contributed by atoms with E-state index in [9.17, 15) is 9.59 Å². The molecule has 1 aromatic heterocycles. The topological polar surface area (TPSA) is 66.0 Å². The minimum atomic E-state index is -0.0699. The Balaban J connectivity index is 1.26. The number of amides is 2. The van der Waals surface area contributed by atoms with Gasteiger partial charge in [0.25, 0.3) is 5.91 Å². The molecule has 4 rings (SSSR count). The van der Waals surface area contributed by atoms with Crippen LogP contribution in [0.4, 0.5) is 0 Å². The van der Waals surface area contributed by atoms with Gasteiger partial charge in [-0.3, -0.25) is 9.59 Å². The lowest BCUT2D eigenvalue weighted by atomic mass is 9.94. The van der Waals surface area contributed by atoms with Gasteiger partial charge in [0.05, 0.1) is 0 Å². The summed E-state index contributed by atoms with van der Waals surface area (Å²) in [4.78, 5) is 36.1. The predicted octanol–water partition coefficient (Wildman–Crippen LogP) is 3.00. The van der Waals surface area contributed by atoms with Crippen LogP contribution in [0.25, 0.3) is 0 Å². The molecule has 0 atom stereocenters. The number of likely N-dealkylation sites (N-methyl/N-ethyl adjacent to an activating group) is 1. The third-order valence-electron chi connectivity index (χ3n) is 5.89. The van der Waals surface area contributed by atoms with Crippen molar-refractivity contribution in [3.63, 3.8) is 0 Å². The summed E-state index contributed by atoms with van der Waals surface area (Å²) in [6.45, 7) is 4.95. The highest BCUT2D eigenvalue weighted by atomic mass is 35.5. The molecule has 0 aliphatic carbocycles. The minimum absolute atomic E-state index is 0.0197. The van der Waals surface area contributed by atoms with Crippen LogP contribution in [0.1, 0.15) is 28.3 Å². The van der Waals surface area contributed by atoms with Gasteiger partial charge < -0.3 is 19.4 Å². The van der Waals surface area contributed by atoms with Crippen molar-refractivity contribution >= 4 is 34.8 Å². The molecule has 31 heavy (non-hydrogen) atoms. The Morgan fingerprint density at radius 2 is 1.74 bits per heavy atom. The van der Waals surface area contributed by atoms with Gasteiger partial charge in [-0.2, -0.15) is 0 Å². The third-order valence-corrected chi connectivity index (χ3v) is 6.97. The summed E-state index contributed by atoms with van der Waals surface area (Å²) >= 11 is 7.30. The van der Waals surface area contributed by atoms with Gasteiger partial charge in [0.15, 0.2) is 0 Å². The minimum Gasteiger partial charge on any atom is -0.486 e. The second kappa shape index (κ2) is 9.97. The van der Waals surface area contributed by atoms with Crippen molar-refractivity contribution in [2.75, 3.05) is 46.3 Å². The van der Waals surface area contributed by atoms with E-state index in [-0.39, 0.29) is 17.7 Å². The first-order valence-corrected chi connectivity index (χ1v) is 11.8. The number of likely N-dealkylation sites (tertiary alicyclic amines) is 1. The van der Waals surface area contributed by atoms with Gasteiger partial charge >= 0.3 is 0 Å². The van der Waals surface area contributed by atoms with E-state index in [1.807, 2.05) is 9.80 Å². The highest BCUT2D eigenvalue weighted by Gasteiger charge is 2.32. The van der Waals surface area contributed by atoms with Crippen LogP contribution in [0.2, 0.25) is 5.02 Å². The van der Waals surface area contributed by atoms with Gasteiger partial charge in [0.2, 0.25) is 5.91 Å². The molecule has 0 radical (unpaired) electrons.